The zero-order valence-electron chi connectivity index (χ0n) is 10.4. The normalized spacial score (nSPS) is 10.4. The summed E-state index contributed by atoms with van der Waals surface area (Å²) < 4.78 is 0. The van der Waals surface area contributed by atoms with Gasteiger partial charge in [-0.2, -0.15) is 0 Å². The van der Waals surface area contributed by atoms with Gasteiger partial charge in [0.05, 0.1) is 5.69 Å². The minimum absolute atomic E-state index is 0.115. The fourth-order valence-electron chi connectivity index (χ4n) is 1.82. The molecule has 0 saturated carbocycles. The number of nitrogens with zero attached hydrogens (tertiary/aromatic N) is 2. The molecule has 6 heteroatoms. The van der Waals surface area contributed by atoms with Crippen LogP contribution in [0.15, 0.2) is 24.3 Å². The molecule has 4 N–H and O–H groups in total. The first-order chi connectivity index (χ1) is 8.97. The van der Waals surface area contributed by atoms with Crippen molar-refractivity contribution in [3.8, 4) is 0 Å². The molecule has 2 rings (SSSR count). The van der Waals surface area contributed by atoms with Crippen molar-refractivity contribution < 1.29 is 4.79 Å². The molecule has 5 nitrogen and oxygen atoms in total. The van der Waals surface area contributed by atoms with Gasteiger partial charge in [-0.05, 0) is 24.6 Å². The van der Waals surface area contributed by atoms with E-state index < -0.39 is 5.91 Å². The lowest BCUT2D eigenvalue weighted by Gasteiger charge is -2.07. The van der Waals surface area contributed by atoms with E-state index in [0.717, 1.165) is 5.56 Å². The summed E-state index contributed by atoms with van der Waals surface area (Å²) in [6.07, 6.45) is 0.515. The second-order valence-electron chi connectivity index (χ2n) is 4.15. The number of amides is 1. The quantitative estimate of drug-likeness (QED) is 0.892. The molecular weight excluding hydrogens is 264 g/mol. The predicted octanol–water partition coefficient (Wildman–Crippen LogP) is 1.71. The van der Waals surface area contributed by atoms with Crippen LogP contribution in [-0.4, -0.2) is 15.9 Å². The number of nitrogen functional groups attached to an aromatic ring is 1. The molecule has 0 bridgehead atoms. The topological polar surface area (TPSA) is 94.9 Å². The number of aryl methyl sites for hydroxylation is 1. The van der Waals surface area contributed by atoms with E-state index >= 15 is 0 Å². The first-order valence-corrected chi connectivity index (χ1v) is 6.02. The number of rotatable bonds is 3. The molecule has 1 aromatic heterocycles. The van der Waals surface area contributed by atoms with Crippen LogP contribution in [-0.2, 0) is 6.42 Å². The average Bonchev–Trinajstić information content (AvgIpc) is 2.30. The Hall–Kier alpha value is -2.14. The number of carbonyl (C=O) groups is 1. The van der Waals surface area contributed by atoms with Gasteiger partial charge in [0.25, 0.3) is 5.91 Å². The highest BCUT2D eigenvalue weighted by Crippen LogP contribution is 2.16. The van der Waals surface area contributed by atoms with Crippen LogP contribution in [0.3, 0.4) is 0 Å². The minimum Gasteiger partial charge on any atom is -0.383 e. The lowest BCUT2D eigenvalue weighted by molar-refractivity contribution is 0.1000. The van der Waals surface area contributed by atoms with Crippen LogP contribution < -0.4 is 11.5 Å². The Morgan fingerprint density at radius 2 is 1.89 bits per heavy atom. The van der Waals surface area contributed by atoms with Gasteiger partial charge in [0.15, 0.2) is 0 Å². The van der Waals surface area contributed by atoms with E-state index in [1.54, 1.807) is 19.1 Å². The standard InChI is InChI=1S/C13H13ClN4O/c1-7-11(13(16)19)12(15)18-10(17-7)6-8-2-4-9(14)5-3-8/h2-5H,6H2,1H3,(H2,16,19)(H2,15,17,18). The molecule has 0 unspecified atom stereocenters. The smallest absolute Gasteiger partial charge is 0.254 e. The van der Waals surface area contributed by atoms with Gasteiger partial charge >= 0.3 is 0 Å². The Labute approximate surface area is 115 Å². The van der Waals surface area contributed by atoms with Crippen LogP contribution in [0.2, 0.25) is 5.02 Å². The number of benzene rings is 1. The second-order valence-corrected chi connectivity index (χ2v) is 4.59. The molecule has 0 spiro atoms. The molecule has 2 aromatic rings. The molecule has 0 atom stereocenters. The van der Waals surface area contributed by atoms with Crippen molar-refractivity contribution in [1.29, 1.82) is 0 Å². The number of aromatic nitrogens is 2. The highest BCUT2D eigenvalue weighted by atomic mass is 35.5. The maximum absolute atomic E-state index is 11.2. The van der Waals surface area contributed by atoms with E-state index in [2.05, 4.69) is 9.97 Å². The molecule has 19 heavy (non-hydrogen) atoms. The van der Waals surface area contributed by atoms with Crippen molar-refractivity contribution in [3.05, 3.63) is 51.9 Å². The summed E-state index contributed by atoms with van der Waals surface area (Å²) in [6.45, 7) is 1.68. The lowest BCUT2D eigenvalue weighted by atomic mass is 10.1. The zero-order valence-corrected chi connectivity index (χ0v) is 11.1. The van der Waals surface area contributed by atoms with Gasteiger partial charge in [-0.3, -0.25) is 4.79 Å². The Kier molecular flexibility index (Phi) is 3.66. The number of primary amides is 1. The number of nitrogens with two attached hydrogens (primary N) is 2. The van der Waals surface area contributed by atoms with Gasteiger partial charge in [-0.1, -0.05) is 23.7 Å². The Balaban J connectivity index is 2.32. The van der Waals surface area contributed by atoms with Crippen LogP contribution in [0.5, 0.6) is 0 Å². The van der Waals surface area contributed by atoms with E-state index in [4.69, 9.17) is 23.1 Å². The van der Waals surface area contributed by atoms with E-state index in [-0.39, 0.29) is 11.4 Å². The maximum Gasteiger partial charge on any atom is 0.254 e. The van der Waals surface area contributed by atoms with Crippen molar-refractivity contribution in [2.75, 3.05) is 5.73 Å². The summed E-state index contributed by atoms with van der Waals surface area (Å²) in [7, 11) is 0. The molecule has 1 heterocycles. The molecule has 1 aromatic carbocycles. The van der Waals surface area contributed by atoms with Crippen molar-refractivity contribution in [3.63, 3.8) is 0 Å². The zero-order chi connectivity index (χ0) is 14.0. The van der Waals surface area contributed by atoms with Crippen molar-refractivity contribution in [2.45, 2.75) is 13.3 Å². The molecule has 0 aliphatic rings. The predicted molar refractivity (Wildman–Crippen MR) is 74.0 cm³/mol. The van der Waals surface area contributed by atoms with Gasteiger partial charge in [0.2, 0.25) is 0 Å². The van der Waals surface area contributed by atoms with Crippen LogP contribution in [0.1, 0.15) is 27.4 Å². The van der Waals surface area contributed by atoms with Gasteiger partial charge in [-0.15, -0.1) is 0 Å². The fourth-order valence-corrected chi connectivity index (χ4v) is 1.95. The van der Waals surface area contributed by atoms with Crippen molar-refractivity contribution >= 4 is 23.3 Å². The third kappa shape index (κ3) is 3.00. The van der Waals surface area contributed by atoms with Gasteiger partial charge in [0.1, 0.15) is 17.2 Å². The molecule has 0 aliphatic heterocycles. The summed E-state index contributed by atoms with van der Waals surface area (Å²) in [5.74, 6) is 0.0410. The third-order valence-corrected chi connectivity index (χ3v) is 2.94. The van der Waals surface area contributed by atoms with E-state index in [0.29, 0.717) is 23.0 Å². The van der Waals surface area contributed by atoms with Gasteiger partial charge in [0, 0.05) is 11.4 Å². The molecular formula is C13H13ClN4O. The summed E-state index contributed by atoms with van der Waals surface area (Å²) in [5, 5.41) is 0.671. The minimum atomic E-state index is -0.618. The Morgan fingerprint density at radius 3 is 2.42 bits per heavy atom. The van der Waals surface area contributed by atoms with Crippen LogP contribution >= 0.6 is 11.6 Å². The highest BCUT2D eigenvalue weighted by molar-refractivity contribution is 6.30. The highest BCUT2D eigenvalue weighted by Gasteiger charge is 2.14. The molecule has 1 amide bonds. The molecule has 0 radical (unpaired) electrons. The number of hydrogen-bond donors (Lipinski definition) is 2. The van der Waals surface area contributed by atoms with Crippen molar-refractivity contribution in [1.82, 2.24) is 9.97 Å². The molecule has 0 aliphatic carbocycles. The maximum atomic E-state index is 11.2. The largest absolute Gasteiger partial charge is 0.383 e. The molecule has 0 saturated heterocycles. The van der Waals surface area contributed by atoms with Crippen LogP contribution in [0.25, 0.3) is 0 Å². The van der Waals surface area contributed by atoms with Crippen LogP contribution in [0, 0.1) is 6.92 Å². The number of carbonyl (C=O) groups excluding carboxylic acids is 1. The van der Waals surface area contributed by atoms with E-state index in [1.807, 2.05) is 12.1 Å². The number of hydrogen-bond acceptors (Lipinski definition) is 4. The average molecular weight is 277 g/mol. The van der Waals surface area contributed by atoms with E-state index in [1.165, 1.54) is 0 Å². The first-order valence-electron chi connectivity index (χ1n) is 5.64. The monoisotopic (exact) mass is 276 g/mol. The summed E-state index contributed by atoms with van der Waals surface area (Å²) >= 11 is 5.82. The number of halogens is 1. The van der Waals surface area contributed by atoms with Crippen molar-refractivity contribution in [2.24, 2.45) is 5.73 Å². The SMILES string of the molecule is Cc1nc(Cc2ccc(Cl)cc2)nc(N)c1C(N)=O. The second kappa shape index (κ2) is 5.24. The van der Waals surface area contributed by atoms with Crippen LogP contribution in [0.4, 0.5) is 5.82 Å². The number of anilines is 1. The third-order valence-electron chi connectivity index (χ3n) is 2.69. The summed E-state index contributed by atoms with van der Waals surface area (Å²) in [6, 6.07) is 7.37. The van der Waals surface area contributed by atoms with E-state index in [9.17, 15) is 4.79 Å². The summed E-state index contributed by atoms with van der Waals surface area (Å²) in [5.41, 5.74) is 12.6. The summed E-state index contributed by atoms with van der Waals surface area (Å²) in [4.78, 5) is 19.6. The molecule has 98 valence electrons. The first kappa shape index (κ1) is 13.3. The fraction of sp³-hybridized carbons (Fsp3) is 0.154. The Bertz CT molecular complexity index is 602. The lowest BCUT2D eigenvalue weighted by Crippen LogP contribution is -2.18. The molecule has 0 fully saturated rings. The van der Waals surface area contributed by atoms with Gasteiger partial charge in [-0.25, -0.2) is 9.97 Å². The van der Waals surface area contributed by atoms with Gasteiger partial charge < -0.3 is 11.5 Å². The Morgan fingerprint density at radius 1 is 1.26 bits per heavy atom.